The van der Waals surface area contributed by atoms with Gasteiger partial charge in [0.05, 0.1) is 26.4 Å². The van der Waals surface area contributed by atoms with Crippen LogP contribution in [0.4, 0.5) is 0 Å². The van der Waals surface area contributed by atoms with Gasteiger partial charge in [0.2, 0.25) is 0 Å². The van der Waals surface area contributed by atoms with Crippen molar-refractivity contribution in [2.75, 3.05) is 39.6 Å². The molecule has 0 radical (unpaired) electrons. The third-order valence-electron chi connectivity index (χ3n) is 15.9. The van der Waals surface area contributed by atoms with Crippen molar-refractivity contribution in [2.45, 2.75) is 361 Å². The highest BCUT2D eigenvalue weighted by atomic mass is 31.2. The van der Waals surface area contributed by atoms with Gasteiger partial charge < -0.3 is 33.8 Å². The van der Waals surface area contributed by atoms with Crippen LogP contribution >= 0.6 is 15.6 Å². The SMILES string of the molecule is CCCCCCCCCCCCCCC(=O)OC[C@H](COP(=O)(O)OC[C@@H](O)COP(=O)(O)OC[C@@H](COC(=O)CCCCCCCCCC)OC(=O)CCCCCCCCCCCCCC)OC(=O)CCCCCCCCCCCCC(C)CC. The molecule has 0 aliphatic heterocycles. The molecule has 3 N–H and O–H groups in total. The number of carbonyl (C=O) groups excluding carboxylic acids is 4. The van der Waals surface area contributed by atoms with Crippen LogP contribution in [0.3, 0.4) is 0 Å². The first-order valence-corrected chi connectivity index (χ1v) is 38.2. The monoisotopic (exact) mass is 1270 g/mol. The average Bonchev–Trinajstić information content (AvgIpc) is 3.55. The lowest BCUT2D eigenvalue weighted by atomic mass is 9.99. The van der Waals surface area contributed by atoms with Crippen molar-refractivity contribution < 1.29 is 80.2 Å². The van der Waals surface area contributed by atoms with Crippen LogP contribution in [0, 0.1) is 5.92 Å². The fraction of sp³-hybridized carbons (Fsp3) is 0.940. The van der Waals surface area contributed by atoms with E-state index >= 15 is 0 Å². The van der Waals surface area contributed by atoms with Crippen molar-refractivity contribution in [1.29, 1.82) is 0 Å². The summed E-state index contributed by atoms with van der Waals surface area (Å²) < 4.78 is 68.1. The molecule has 17 nitrogen and oxygen atoms in total. The van der Waals surface area contributed by atoms with Gasteiger partial charge in [0.25, 0.3) is 0 Å². The Morgan fingerprint density at radius 2 is 0.558 bits per heavy atom. The van der Waals surface area contributed by atoms with Crippen molar-refractivity contribution in [2.24, 2.45) is 5.92 Å². The third-order valence-corrected chi connectivity index (χ3v) is 17.8. The number of carbonyl (C=O) groups is 4. The summed E-state index contributed by atoms with van der Waals surface area (Å²) in [5.74, 6) is -1.32. The van der Waals surface area contributed by atoms with Gasteiger partial charge in [-0.3, -0.25) is 37.3 Å². The molecule has 0 aliphatic carbocycles. The average molecular weight is 1270 g/mol. The van der Waals surface area contributed by atoms with E-state index in [1.54, 1.807) is 0 Å². The highest BCUT2D eigenvalue weighted by Gasteiger charge is 2.30. The summed E-state index contributed by atoms with van der Waals surface area (Å²) in [6.45, 7) is 7.22. The van der Waals surface area contributed by atoms with E-state index in [2.05, 4.69) is 34.6 Å². The molecular formula is C67H130O17P2. The zero-order valence-corrected chi connectivity index (χ0v) is 57.2. The van der Waals surface area contributed by atoms with Crippen molar-refractivity contribution in [1.82, 2.24) is 0 Å². The van der Waals surface area contributed by atoms with Crippen molar-refractivity contribution in [3.8, 4) is 0 Å². The van der Waals surface area contributed by atoms with E-state index in [-0.39, 0.29) is 25.7 Å². The van der Waals surface area contributed by atoms with Gasteiger partial charge in [-0.05, 0) is 31.6 Å². The second kappa shape index (κ2) is 60.6. The smallest absolute Gasteiger partial charge is 0.462 e. The largest absolute Gasteiger partial charge is 0.472 e. The Labute approximate surface area is 524 Å². The molecule has 6 atom stereocenters. The summed E-state index contributed by atoms with van der Waals surface area (Å²) in [5, 5.41) is 10.6. The first-order chi connectivity index (χ1) is 41.6. The number of phosphoric ester groups is 2. The van der Waals surface area contributed by atoms with Crippen LogP contribution < -0.4 is 0 Å². The number of phosphoric acid groups is 2. The quantitative estimate of drug-likeness (QED) is 0.0222. The summed E-state index contributed by atoms with van der Waals surface area (Å²) in [5.41, 5.74) is 0. The Morgan fingerprint density at radius 1 is 0.326 bits per heavy atom. The minimum Gasteiger partial charge on any atom is -0.462 e. The number of hydrogen-bond donors (Lipinski definition) is 3. The third kappa shape index (κ3) is 59.7. The number of aliphatic hydroxyl groups is 1. The minimum absolute atomic E-state index is 0.107. The van der Waals surface area contributed by atoms with E-state index in [0.717, 1.165) is 102 Å². The highest BCUT2D eigenvalue weighted by molar-refractivity contribution is 7.47. The second-order valence-electron chi connectivity index (χ2n) is 24.5. The first kappa shape index (κ1) is 84.1. The normalized spacial score (nSPS) is 14.5. The lowest BCUT2D eigenvalue weighted by molar-refractivity contribution is -0.161. The topological polar surface area (TPSA) is 237 Å². The Bertz CT molecular complexity index is 1670. The molecule has 0 bridgehead atoms. The number of rotatable bonds is 67. The van der Waals surface area contributed by atoms with Crippen LogP contribution in [0.1, 0.15) is 343 Å². The fourth-order valence-corrected chi connectivity index (χ4v) is 11.7. The van der Waals surface area contributed by atoms with Crippen LogP contribution in [0.2, 0.25) is 0 Å². The van der Waals surface area contributed by atoms with E-state index in [9.17, 15) is 43.2 Å². The van der Waals surface area contributed by atoms with Gasteiger partial charge in [-0.1, -0.05) is 291 Å². The molecule has 86 heavy (non-hydrogen) atoms. The molecule has 0 rings (SSSR count). The van der Waals surface area contributed by atoms with Crippen LogP contribution in [0.5, 0.6) is 0 Å². The molecule has 19 heteroatoms. The van der Waals surface area contributed by atoms with Gasteiger partial charge in [-0.15, -0.1) is 0 Å². The second-order valence-corrected chi connectivity index (χ2v) is 27.4. The highest BCUT2D eigenvalue weighted by Crippen LogP contribution is 2.45. The molecule has 0 saturated heterocycles. The summed E-state index contributed by atoms with van der Waals surface area (Å²) in [6, 6.07) is 0. The van der Waals surface area contributed by atoms with E-state index in [1.165, 1.54) is 161 Å². The molecule has 0 aliphatic rings. The molecule has 0 amide bonds. The molecule has 510 valence electrons. The van der Waals surface area contributed by atoms with Gasteiger partial charge in [0.15, 0.2) is 12.2 Å². The van der Waals surface area contributed by atoms with Crippen LogP contribution in [0.25, 0.3) is 0 Å². The molecule has 0 aromatic rings. The minimum atomic E-state index is -4.95. The molecular weight excluding hydrogens is 1140 g/mol. The van der Waals surface area contributed by atoms with Crippen molar-refractivity contribution in [3.05, 3.63) is 0 Å². The first-order valence-electron chi connectivity index (χ1n) is 35.2. The van der Waals surface area contributed by atoms with E-state index in [4.69, 9.17) is 37.0 Å². The number of unbranched alkanes of at least 4 members (excludes halogenated alkanes) is 38. The van der Waals surface area contributed by atoms with Crippen LogP contribution in [-0.2, 0) is 65.4 Å². The maximum Gasteiger partial charge on any atom is 0.472 e. The lowest BCUT2D eigenvalue weighted by Crippen LogP contribution is -2.30. The standard InChI is InChI=1S/C67H130O17P2/c1-6-10-13-16-19-22-24-26-31-36-41-46-51-65(70)78-57-63(84-67(72)53-48-43-38-33-29-28-30-34-39-44-49-60(5)9-4)59-82-86(75,76)80-55-61(68)54-79-85(73,74)81-58-62(56-77-64(69)50-45-40-35-21-18-15-12-8-3)83-66(71)52-47-42-37-32-27-25-23-20-17-14-11-7-2/h60-63,68H,6-59H2,1-5H3,(H,73,74)(H,75,76)/t60?,61-,62+,63+/m0/s1. The van der Waals surface area contributed by atoms with Gasteiger partial charge in [0.1, 0.15) is 19.3 Å². The maximum atomic E-state index is 13.0. The van der Waals surface area contributed by atoms with Crippen molar-refractivity contribution in [3.63, 3.8) is 0 Å². The van der Waals surface area contributed by atoms with E-state index in [0.29, 0.717) is 25.7 Å². The summed E-state index contributed by atoms with van der Waals surface area (Å²) in [6.07, 6.45) is 45.6. The predicted octanol–water partition coefficient (Wildman–Crippen LogP) is 19.0. The molecule has 0 saturated carbocycles. The lowest BCUT2D eigenvalue weighted by Gasteiger charge is -2.21. The van der Waals surface area contributed by atoms with Crippen LogP contribution in [-0.4, -0.2) is 96.7 Å². The molecule has 0 spiro atoms. The maximum absolute atomic E-state index is 13.0. The summed E-state index contributed by atoms with van der Waals surface area (Å²) in [4.78, 5) is 72.3. The zero-order valence-electron chi connectivity index (χ0n) is 55.4. The van der Waals surface area contributed by atoms with E-state index in [1.807, 2.05) is 0 Å². The molecule has 0 aromatic heterocycles. The van der Waals surface area contributed by atoms with Crippen molar-refractivity contribution >= 4 is 39.5 Å². The fourth-order valence-electron chi connectivity index (χ4n) is 10.1. The number of ether oxygens (including phenoxy) is 4. The van der Waals surface area contributed by atoms with Gasteiger partial charge in [0, 0.05) is 25.7 Å². The molecule has 0 aromatic carbocycles. The van der Waals surface area contributed by atoms with Gasteiger partial charge in [-0.25, -0.2) is 9.13 Å². The van der Waals surface area contributed by atoms with E-state index < -0.39 is 97.5 Å². The number of hydrogen-bond acceptors (Lipinski definition) is 15. The molecule has 3 unspecified atom stereocenters. The predicted molar refractivity (Wildman–Crippen MR) is 345 cm³/mol. The Balaban J connectivity index is 5.23. The molecule has 0 heterocycles. The van der Waals surface area contributed by atoms with Crippen LogP contribution in [0.15, 0.2) is 0 Å². The Morgan fingerprint density at radius 3 is 0.826 bits per heavy atom. The Hall–Kier alpha value is -1.94. The van der Waals surface area contributed by atoms with Gasteiger partial charge in [-0.2, -0.15) is 0 Å². The summed E-state index contributed by atoms with van der Waals surface area (Å²) >= 11 is 0. The summed E-state index contributed by atoms with van der Waals surface area (Å²) in [7, 11) is -9.89. The number of esters is 4. The van der Waals surface area contributed by atoms with Gasteiger partial charge >= 0.3 is 39.5 Å². The molecule has 0 fully saturated rings. The zero-order chi connectivity index (χ0) is 63.5. The number of aliphatic hydroxyl groups excluding tert-OH is 1. The Kier molecular flexibility index (Phi) is 59.2.